The lowest BCUT2D eigenvalue weighted by Crippen LogP contribution is -2.37. The Balaban J connectivity index is 1.82. The molecule has 3 rings (SSSR count). The number of rotatable bonds is 4. The first-order valence-electron chi connectivity index (χ1n) is 7.10. The van der Waals surface area contributed by atoms with Crippen LogP contribution in [0.4, 0.5) is 0 Å². The molecule has 0 fully saturated rings. The molecule has 116 valence electrons. The number of methoxy groups -OCH3 is 1. The lowest BCUT2D eigenvalue weighted by atomic mass is 9.83. The van der Waals surface area contributed by atoms with E-state index in [0.717, 1.165) is 28.6 Å². The Kier molecular flexibility index (Phi) is 4.31. The molecule has 0 saturated carbocycles. The highest BCUT2D eigenvalue weighted by Gasteiger charge is 2.36. The number of ether oxygens (including phenoxy) is 2. The number of hydrogen-bond acceptors (Lipinski definition) is 5. The van der Waals surface area contributed by atoms with E-state index in [-0.39, 0.29) is 6.61 Å². The van der Waals surface area contributed by atoms with Crippen molar-refractivity contribution in [1.82, 2.24) is 9.97 Å². The van der Waals surface area contributed by atoms with Crippen molar-refractivity contribution >= 4 is 15.9 Å². The van der Waals surface area contributed by atoms with Gasteiger partial charge in [0, 0.05) is 23.5 Å². The number of aromatic nitrogens is 2. The molecule has 22 heavy (non-hydrogen) atoms. The van der Waals surface area contributed by atoms with E-state index in [0.29, 0.717) is 17.9 Å². The van der Waals surface area contributed by atoms with Crippen LogP contribution in [0.2, 0.25) is 0 Å². The molecule has 0 bridgehead atoms. The minimum atomic E-state index is -1.06. The van der Waals surface area contributed by atoms with Gasteiger partial charge in [-0.2, -0.15) is 0 Å². The largest absolute Gasteiger partial charge is 0.497 e. The Bertz CT molecular complexity index is 680. The smallest absolute Gasteiger partial charge is 0.137 e. The second-order valence-corrected chi connectivity index (χ2v) is 6.21. The fourth-order valence-electron chi connectivity index (χ4n) is 2.69. The SMILES string of the molecule is COc1ccc(Br)c(OCC2(O)CCCc3ncncc32)c1. The zero-order chi connectivity index (χ0) is 15.6. The van der Waals surface area contributed by atoms with Crippen LogP contribution >= 0.6 is 15.9 Å². The zero-order valence-corrected chi connectivity index (χ0v) is 13.8. The van der Waals surface area contributed by atoms with Crippen molar-refractivity contribution < 1.29 is 14.6 Å². The van der Waals surface area contributed by atoms with E-state index < -0.39 is 5.60 Å². The number of hydrogen-bond donors (Lipinski definition) is 1. The van der Waals surface area contributed by atoms with E-state index in [9.17, 15) is 5.11 Å². The summed E-state index contributed by atoms with van der Waals surface area (Å²) in [4.78, 5) is 8.30. The third-order valence-corrected chi connectivity index (χ3v) is 4.56. The van der Waals surface area contributed by atoms with Crippen LogP contribution in [0, 0.1) is 0 Å². The van der Waals surface area contributed by atoms with Gasteiger partial charge in [-0.15, -0.1) is 0 Å². The Morgan fingerprint density at radius 1 is 1.41 bits per heavy atom. The maximum Gasteiger partial charge on any atom is 0.137 e. The van der Waals surface area contributed by atoms with Crippen LogP contribution in [0.5, 0.6) is 11.5 Å². The first kappa shape index (κ1) is 15.2. The molecule has 0 amide bonds. The molecule has 2 aromatic rings. The molecule has 1 aromatic carbocycles. The molecule has 1 aliphatic rings. The van der Waals surface area contributed by atoms with Crippen molar-refractivity contribution in [1.29, 1.82) is 0 Å². The molecule has 1 heterocycles. The number of halogens is 1. The minimum Gasteiger partial charge on any atom is -0.497 e. The second kappa shape index (κ2) is 6.22. The molecule has 0 saturated heterocycles. The second-order valence-electron chi connectivity index (χ2n) is 5.35. The fourth-order valence-corrected chi connectivity index (χ4v) is 3.06. The number of benzene rings is 1. The van der Waals surface area contributed by atoms with Gasteiger partial charge in [0.05, 0.1) is 11.6 Å². The predicted molar refractivity (Wildman–Crippen MR) is 85.1 cm³/mol. The van der Waals surface area contributed by atoms with Crippen LogP contribution in [-0.4, -0.2) is 28.8 Å². The third kappa shape index (κ3) is 2.94. The molecule has 0 spiro atoms. The topological polar surface area (TPSA) is 64.5 Å². The highest BCUT2D eigenvalue weighted by atomic mass is 79.9. The maximum absolute atomic E-state index is 11.0. The standard InChI is InChI=1S/C16H17BrN2O3/c1-21-11-4-5-13(17)15(7-11)22-9-16(20)6-2-3-14-12(16)8-18-10-19-14/h4-5,7-8,10,20H,2-3,6,9H2,1H3. The summed E-state index contributed by atoms with van der Waals surface area (Å²) in [7, 11) is 1.61. The van der Waals surface area contributed by atoms with Gasteiger partial charge in [0.1, 0.15) is 30.0 Å². The Morgan fingerprint density at radius 3 is 3.09 bits per heavy atom. The molecular weight excluding hydrogens is 348 g/mol. The van der Waals surface area contributed by atoms with Gasteiger partial charge in [-0.3, -0.25) is 0 Å². The Hall–Kier alpha value is -1.66. The first-order valence-corrected chi connectivity index (χ1v) is 7.90. The van der Waals surface area contributed by atoms with Crippen molar-refractivity contribution in [2.45, 2.75) is 24.9 Å². The van der Waals surface area contributed by atoms with Gasteiger partial charge < -0.3 is 14.6 Å². The molecule has 1 aromatic heterocycles. The van der Waals surface area contributed by atoms with Gasteiger partial charge in [0.25, 0.3) is 0 Å². The molecule has 6 heteroatoms. The van der Waals surface area contributed by atoms with Gasteiger partial charge in [0.2, 0.25) is 0 Å². The van der Waals surface area contributed by atoms with E-state index in [1.807, 2.05) is 12.1 Å². The van der Waals surface area contributed by atoms with E-state index >= 15 is 0 Å². The molecule has 1 unspecified atom stereocenters. The highest BCUT2D eigenvalue weighted by molar-refractivity contribution is 9.10. The van der Waals surface area contributed by atoms with Gasteiger partial charge in [0.15, 0.2) is 0 Å². The van der Waals surface area contributed by atoms with Gasteiger partial charge in [-0.05, 0) is 47.3 Å². The van der Waals surface area contributed by atoms with Crippen molar-refractivity contribution in [3.05, 3.63) is 46.5 Å². The Labute approximate surface area is 137 Å². The molecule has 5 nitrogen and oxygen atoms in total. The third-order valence-electron chi connectivity index (χ3n) is 3.90. The van der Waals surface area contributed by atoms with Crippen molar-refractivity contribution in [2.75, 3.05) is 13.7 Å². The van der Waals surface area contributed by atoms with Gasteiger partial charge in [-0.25, -0.2) is 9.97 Å². The molecule has 1 atom stereocenters. The quantitative estimate of drug-likeness (QED) is 0.903. The van der Waals surface area contributed by atoms with E-state index in [1.165, 1.54) is 6.33 Å². The maximum atomic E-state index is 11.0. The fraction of sp³-hybridized carbons (Fsp3) is 0.375. The molecule has 0 radical (unpaired) electrons. The van der Waals surface area contributed by atoms with Crippen LogP contribution in [0.25, 0.3) is 0 Å². The molecule has 0 aliphatic heterocycles. The highest BCUT2D eigenvalue weighted by Crippen LogP contribution is 2.36. The van der Waals surface area contributed by atoms with Gasteiger partial charge >= 0.3 is 0 Å². The van der Waals surface area contributed by atoms with Crippen LogP contribution in [0.3, 0.4) is 0 Å². The lowest BCUT2D eigenvalue weighted by molar-refractivity contribution is -0.0250. The van der Waals surface area contributed by atoms with Crippen molar-refractivity contribution in [2.24, 2.45) is 0 Å². The van der Waals surface area contributed by atoms with Crippen LogP contribution in [0.15, 0.2) is 35.2 Å². The normalized spacial score (nSPS) is 20.3. The molecule has 1 aliphatic carbocycles. The summed E-state index contributed by atoms with van der Waals surface area (Å²) >= 11 is 3.45. The summed E-state index contributed by atoms with van der Waals surface area (Å²) in [5.41, 5.74) is 0.606. The number of nitrogens with zero attached hydrogens (tertiary/aromatic N) is 2. The summed E-state index contributed by atoms with van der Waals surface area (Å²) in [6.45, 7) is 0.152. The van der Waals surface area contributed by atoms with E-state index in [4.69, 9.17) is 9.47 Å². The summed E-state index contributed by atoms with van der Waals surface area (Å²) in [5, 5.41) is 11.0. The van der Waals surface area contributed by atoms with E-state index in [1.54, 1.807) is 19.4 Å². The first-order chi connectivity index (χ1) is 10.6. The van der Waals surface area contributed by atoms with E-state index in [2.05, 4.69) is 25.9 Å². The summed E-state index contributed by atoms with van der Waals surface area (Å²) in [6.07, 6.45) is 5.58. The summed E-state index contributed by atoms with van der Waals surface area (Å²) < 4.78 is 11.9. The van der Waals surface area contributed by atoms with Crippen molar-refractivity contribution in [3.8, 4) is 11.5 Å². The lowest BCUT2D eigenvalue weighted by Gasteiger charge is -2.33. The zero-order valence-electron chi connectivity index (χ0n) is 12.3. The summed E-state index contributed by atoms with van der Waals surface area (Å²) in [6, 6.07) is 5.49. The summed E-state index contributed by atoms with van der Waals surface area (Å²) in [5.74, 6) is 1.34. The minimum absolute atomic E-state index is 0.152. The molecule has 1 N–H and O–H groups in total. The van der Waals surface area contributed by atoms with Crippen LogP contribution in [0.1, 0.15) is 24.1 Å². The Morgan fingerprint density at radius 2 is 2.27 bits per heavy atom. The average Bonchev–Trinajstić information content (AvgIpc) is 2.55. The van der Waals surface area contributed by atoms with Crippen LogP contribution in [-0.2, 0) is 12.0 Å². The van der Waals surface area contributed by atoms with Crippen LogP contribution < -0.4 is 9.47 Å². The molecular formula is C16H17BrN2O3. The van der Waals surface area contributed by atoms with Gasteiger partial charge in [-0.1, -0.05) is 0 Å². The van der Waals surface area contributed by atoms with Crippen molar-refractivity contribution in [3.63, 3.8) is 0 Å². The number of fused-ring (bicyclic) bond motifs is 1. The average molecular weight is 365 g/mol. The predicted octanol–water partition coefficient (Wildman–Crippen LogP) is 2.85. The number of aliphatic hydroxyl groups is 1. The number of aryl methyl sites for hydroxylation is 1. The monoisotopic (exact) mass is 364 g/mol.